The number of anilines is 2. The zero-order valence-corrected chi connectivity index (χ0v) is 12.6. The van der Waals surface area contributed by atoms with Crippen LogP contribution < -0.4 is 10.1 Å². The summed E-state index contributed by atoms with van der Waals surface area (Å²) >= 11 is 7.49. The molecule has 6 heteroatoms. The second-order valence-corrected chi connectivity index (χ2v) is 5.75. The summed E-state index contributed by atoms with van der Waals surface area (Å²) in [7, 11) is 1.57. The van der Waals surface area contributed by atoms with E-state index in [1.165, 1.54) is 11.3 Å². The van der Waals surface area contributed by atoms with E-state index in [0.717, 1.165) is 21.0 Å². The van der Waals surface area contributed by atoms with Gasteiger partial charge in [0, 0.05) is 11.1 Å². The van der Waals surface area contributed by atoms with Gasteiger partial charge in [-0.25, -0.2) is 4.98 Å². The van der Waals surface area contributed by atoms with Crippen molar-refractivity contribution in [3.05, 3.63) is 47.0 Å². The summed E-state index contributed by atoms with van der Waals surface area (Å²) in [5.74, 6) is 0.603. The molecule has 2 aromatic carbocycles. The van der Waals surface area contributed by atoms with Crippen molar-refractivity contribution in [2.75, 3.05) is 12.4 Å². The Morgan fingerprint density at radius 2 is 2.14 bits per heavy atom. The molecule has 0 bridgehead atoms. The summed E-state index contributed by atoms with van der Waals surface area (Å²) in [6.45, 7) is 0. The van der Waals surface area contributed by atoms with Gasteiger partial charge in [-0.2, -0.15) is 5.26 Å². The fourth-order valence-electron chi connectivity index (χ4n) is 1.93. The van der Waals surface area contributed by atoms with E-state index < -0.39 is 0 Å². The van der Waals surface area contributed by atoms with E-state index in [-0.39, 0.29) is 0 Å². The number of aromatic nitrogens is 1. The monoisotopic (exact) mass is 315 g/mol. The van der Waals surface area contributed by atoms with Crippen LogP contribution in [-0.2, 0) is 0 Å². The van der Waals surface area contributed by atoms with Gasteiger partial charge in [0.1, 0.15) is 5.75 Å². The molecule has 4 nitrogen and oxygen atoms in total. The zero-order chi connectivity index (χ0) is 14.8. The Morgan fingerprint density at radius 1 is 1.29 bits per heavy atom. The molecule has 1 aromatic heterocycles. The maximum Gasteiger partial charge on any atom is 0.188 e. The number of benzene rings is 2. The fraction of sp³-hybridized carbons (Fsp3) is 0.0667. The quantitative estimate of drug-likeness (QED) is 0.769. The molecule has 0 atom stereocenters. The number of rotatable bonds is 3. The molecule has 0 aliphatic rings. The second kappa shape index (κ2) is 5.60. The molecule has 0 spiro atoms. The van der Waals surface area contributed by atoms with Crippen LogP contribution in [0.2, 0.25) is 5.02 Å². The Bertz CT molecular complexity index is 854. The third kappa shape index (κ3) is 2.77. The molecule has 1 N–H and O–H groups in total. The fourth-order valence-corrected chi connectivity index (χ4v) is 3.09. The van der Waals surface area contributed by atoms with E-state index in [9.17, 15) is 0 Å². The summed E-state index contributed by atoms with van der Waals surface area (Å²) in [6, 6.07) is 12.9. The van der Waals surface area contributed by atoms with Crippen LogP contribution in [0.4, 0.5) is 10.8 Å². The largest absolute Gasteiger partial charge is 0.495 e. The number of methoxy groups -OCH3 is 1. The Kier molecular flexibility index (Phi) is 3.65. The second-order valence-electron chi connectivity index (χ2n) is 4.28. The number of ether oxygens (including phenoxy) is 1. The highest BCUT2D eigenvalue weighted by molar-refractivity contribution is 7.22. The third-order valence-electron chi connectivity index (χ3n) is 2.92. The summed E-state index contributed by atoms with van der Waals surface area (Å²) in [6.07, 6.45) is 0. The molecule has 3 rings (SSSR count). The van der Waals surface area contributed by atoms with Crippen LogP contribution >= 0.6 is 22.9 Å². The molecule has 0 saturated carbocycles. The van der Waals surface area contributed by atoms with E-state index in [1.807, 2.05) is 18.2 Å². The van der Waals surface area contributed by atoms with Gasteiger partial charge < -0.3 is 10.1 Å². The number of hydrogen-bond acceptors (Lipinski definition) is 5. The van der Waals surface area contributed by atoms with E-state index >= 15 is 0 Å². The molecule has 21 heavy (non-hydrogen) atoms. The lowest BCUT2D eigenvalue weighted by Gasteiger charge is -2.08. The normalized spacial score (nSPS) is 10.3. The van der Waals surface area contributed by atoms with Crippen LogP contribution in [-0.4, -0.2) is 12.1 Å². The van der Waals surface area contributed by atoms with Crippen LogP contribution in [0.25, 0.3) is 10.2 Å². The number of fused-ring (bicyclic) bond motifs is 1. The smallest absolute Gasteiger partial charge is 0.188 e. The summed E-state index contributed by atoms with van der Waals surface area (Å²) in [4.78, 5) is 4.50. The Labute approximate surface area is 130 Å². The van der Waals surface area contributed by atoms with Crippen LogP contribution in [0.5, 0.6) is 5.75 Å². The topological polar surface area (TPSA) is 57.9 Å². The molecule has 0 aliphatic heterocycles. The van der Waals surface area contributed by atoms with Gasteiger partial charge in [0.15, 0.2) is 5.13 Å². The first kappa shape index (κ1) is 13.7. The first-order valence-corrected chi connectivity index (χ1v) is 7.30. The van der Waals surface area contributed by atoms with Crippen molar-refractivity contribution in [2.45, 2.75) is 0 Å². The number of halogens is 1. The highest BCUT2D eigenvalue weighted by Crippen LogP contribution is 2.33. The predicted molar refractivity (Wildman–Crippen MR) is 85.6 cm³/mol. The van der Waals surface area contributed by atoms with Crippen molar-refractivity contribution in [1.82, 2.24) is 4.98 Å². The van der Waals surface area contributed by atoms with Crippen molar-refractivity contribution in [3.63, 3.8) is 0 Å². The summed E-state index contributed by atoms with van der Waals surface area (Å²) in [5.41, 5.74) is 2.20. The Hall–Kier alpha value is -2.29. The van der Waals surface area contributed by atoms with Gasteiger partial charge >= 0.3 is 0 Å². The van der Waals surface area contributed by atoms with E-state index in [0.29, 0.717) is 16.3 Å². The number of thiazole rings is 1. The summed E-state index contributed by atoms with van der Waals surface area (Å²) < 4.78 is 6.31. The average Bonchev–Trinajstić information content (AvgIpc) is 2.89. The van der Waals surface area contributed by atoms with Crippen molar-refractivity contribution in [1.29, 1.82) is 5.26 Å². The van der Waals surface area contributed by atoms with E-state index in [2.05, 4.69) is 16.4 Å². The molecule has 0 fully saturated rings. The number of hydrogen-bond donors (Lipinski definition) is 1. The van der Waals surface area contributed by atoms with Crippen molar-refractivity contribution < 1.29 is 4.74 Å². The Morgan fingerprint density at radius 3 is 2.90 bits per heavy atom. The molecular weight excluding hydrogens is 306 g/mol. The molecule has 0 radical (unpaired) electrons. The highest BCUT2D eigenvalue weighted by Gasteiger charge is 2.09. The maximum atomic E-state index is 8.91. The van der Waals surface area contributed by atoms with Gasteiger partial charge in [-0.3, -0.25) is 0 Å². The van der Waals surface area contributed by atoms with Crippen LogP contribution in [0.15, 0.2) is 36.4 Å². The first-order chi connectivity index (χ1) is 10.2. The molecule has 1 heterocycles. The molecule has 104 valence electrons. The Balaban J connectivity index is 1.96. The highest BCUT2D eigenvalue weighted by atomic mass is 35.5. The third-order valence-corrected chi connectivity index (χ3v) is 4.09. The standard InChI is InChI=1S/C15H10ClN3OS/c1-20-13-6-9(8-17)2-4-11(13)18-15-19-12-5-3-10(16)7-14(12)21-15/h2-7H,1H3,(H,18,19). The lowest BCUT2D eigenvalue weighted by atomic mass is 10.2. The van der Waals surface area contributed by atoms with Crippen LogP contribution in [0, 0.1) is 11.3 Å². The van der Waals surface area contributed by atoms with Crippen molar-refractivity contribution in [2.24, 2.45) is 0 Å². The molecule has 0 unspecified atom stereocenters. The summed E-state index contributed by atoms with van der Waals surface area (Å²) in [5, 5.41) is 13.6. The van der Waals surface area contributed by atoms with Gasteiger partial charge in [-0.15, -0.1) is 0 Å². The minimum Gasteiger partial charge on any atom is -0.495 e. The number of nitriles is 1. The van der Waals surface area contributed by atoms with E-state index in [4.69, 9.17) is 21.6 Å². The minimum absolute atomic E-state index is 0.550. The number of nitrogens with zero attached hydrogens (tertiary/aromatic N) is 2. The molecule has 0 amide bonds. The first-order valence-electron chi connectivity index (χ1n) is 6.11. The number of nitrogens with one attached hydrogen (secondary N) is 1. The van der Waals surface area contributed by atoms with Crippen molar-refractivity contribution in [3.8, 4) is 11.8 Å². The van der Waals surface area contributed by atoms with Crippen molar-refractivity contribution >= 4 is 44.0 Å². The lowest BCUT2D eigenvalue weighted by molar-refractivity contribution is 0.416. The van der Waals surface area contributed by atoms with E-state index in [1.54, 1.807) is 25.3 Å². The van der Waals surface area contributed by atoms with Gasteiger partial charge in [-0.1, -0.05) is 22.9 Å². The minimum atomic E-state index is 0.550. The molecule has 0 aliphatic carbocycles. The van der Waals surface area contributed by atoms with Gasteiger partial charge in [-0.05, 0) is 30.3 Å². The molecule has 3 aromatic rings. The zero-order valence-electron chi connectivity index (χ0n) is 11.1. The molecule has 0 saturated heterocycles. The SMILES string of the molecule is COc1cc(C#N)ccc1Nc1nc2ccc(Cl)cc2s1. The predicted octanol–water partition coefficient (Wildman–Crippen LogP) is 4.57. The van der Waals surface area contributed by atoms with Gasteiger partial charge in [0.25, 0.3) is 0 Å². The maximum absolute atomic E-state index is 8.91. The molecular formula is C15H10ClN3OS. The van der Waals surface area contributed by atoms with Gasteiger partial charge in [0.2, 0.25) is 0 Å². The van der Waals surface area contributed by atoms with Crippen LogP contribution in [0.3, 0.4) is 0 Å². The van der Waals surface area contributed by atoms with Gasteiger partial charge in [0.05, 0.1) is 34.6 Å². The van der Waals surface area contributed by atoms with Crippen LogP contribution in [0.1, 0.15) is 5.56 Å². The average molecular weight is 316 g/mol. The lowest BCUT2D eigenvalue weighted by Crippen LogP contribution is -1.94.